The number of amides is 1. The topological polar surface area (TPSA) is 104 Å². The van der Waals surface area contributed by atoms with E-state index in [-0.39, 0.29) is 18.9 Å². The van der Waals surface area contributed by atoms with Crippen molar-refractivity contribution in [2.24, 2.45) is 5.92 Å². The Bertz CT molecular complexity index is 690. The van der Waals surface area contributed by atoms with Gasteiger partial charge in [-0.2, -0.15) is 0 Å². The third-order valence-electron chi connectivity index (χ3n) is 4.12. The molecule has 1 saturated heterocycles. The van der Waals surface area contributed by atoms with Crippen LogP contribution < -0.4 is 5.32 Å². The van der Waals surface area contributed by atoms with E-state index in [1.165, 1.54) is 4.31 Å². The number of piperidine rings is 1. The number of carboxylic acids is 1. The molecule has 1 aromatic rings. The lowest BCUT2D eigenvalue weighted by Gasteiger charge is -2.31. The van der Waals surface area contributed by atoms with Gasteiger partial charge in [0.1, 0.15) is 0 Å². The molecule has 0 aliphatic carbocycles. The van der Waals surface area contributed by atoms with Crippen LogP contribution in [0.25, 0.3) is 0 Å². The monoisotopic (exact) mass is 354 g/mol. The number of hydrogen-bond donors (Lipinski definition) is 2. The molecule has 0 bridgehead atoms. The Morgan fingerprint density at radius 1 is 1.33 bits per heavy atom. The van der Waals surface area contributed by atoms with E-state index in [0.717, 1.165) is 6.26 Å². The van der Waals surface area contributed by atoms with Crippen molar-refractivity contribution in [3.63, 3.8) is 0 Å². The summed E-state index contributed by atoms with van der Waals surface area (Å²) in [7, 11) is -3.33. The van der Waals surface area contributed by atoms with E-state index < -0.39 is 28.0 Å². The number of carbonyl (C=O) groups excluding carboxylic acids is 1. The molecule has 8 heteroatoms. The molecule has 2 N–H and O–H groups in total. The number of rotatable bonds is 6. The molecule has 1 amide bonds. The SMILES string of the molecule is CS(=O)(=O)N1CCC[C@@H](C(=O)N[C@H](CC(=O)O)c2ccccc2)C1. The Labute approximate surface area is 141 Å². The number of nitrogens with one attached hydrogen (secondary N) is 1. The molecule has 2 atom stereocenters. The Morgan fingerprint density at radius 3 is 2.58 bits per heavy atom. The highest BCUT2D eigenvalue weighted by Gasteiger charge is 2.31. The minimum absolute atomic E-state index is 0.138. The normalized spacial score (nSPS) is 20.3. The van der Waals surface area contributed by atoms with Gasteiger partial charge in [-0.15, -0.1) is 0 Å². The van der Waals surface area contributed by atoms with Crippen molar-refractivity contribution in [1.82, 2.24) is 9.62 Å². The summed E-state index contributed by atoms with van der Waals surface area (Å²) < 4.78 is 24.6. The maximum absolute atomic E-state index is 12.5. The van der Waals surface area contributed by atoms with Gasteiger partial charge in [-0.1, -0.05) is 30.3 Å². The highest BCUT2D eigenvalue weighted by Crippen LogP contribution is 2.22. The van der Waals surface area contributed by atoms with Crippen LogP contribution in [0.3, 0.4) is 0 Å². The Kier molecular flexibility index (Phi) is 5.95. The quantitative estimate of drug-likeness (QED) is 0.793. The molecule has 0 saturated carbocycles. The van der Waals surface area contributed by atoms with Crippen molar-refractivity contribution in [2.75, 3.05) is 19.3 Å². The Balaban J connectivity index is 2.08. The molecule has 1 aromatic carbocycles. The van der Waals surface area contributed by atoms with Crippen molar-refractivity contribution < 1.29 is 23.1 Å². The zero-order valence-electron chi connectivity index (χ0n) is 13.5. The molecule has 0 aromatic heterocycles. The molecule has 2 rings (SSSR count). The van der Waals surface area contributed by atoms with Gasteiger partial charge in [-0.25, -0.2) is 12.7 Å². The molecule has 1 fully saturated rings. The largest absolute Gasteiger partial charge is 0.481 e. The summed E-state index contributed by atoms with van der Waals surface area (Å²) in [6, 6.07) is 8.26. The van der Waals surface area contributed by atoms with Crippen molar-refractivity contribution in [3.8, 4) is 0 Å². The zero-order valence-corrected chi connectivity index (χ0v) is 14.3. The summed E-state index contributed by atoms with van der Waals surface area (Å²) in [4.78, 5) is 23.6. The maximum atomic E-state index is 12.5. The van der Waals surface area contributed by atoms with Crippen LogP contribution in [0.4, 0.5) is 0 Å². The van der Waals surface area contributed by atoms with Crippen LogP contribution in [0.15, 0.2) is 30.3 Å². The van der Waals surface area contributed by atoms with Gasteiger partial charge in [0.2, 0.25) is 15.9 Å². The van der Waals surface area contributed by atoms with Gasteiger partial charge < -0.3 is 10.4 Å². The minimum Gasteiger partial charge on any atom is -0.481 e. The van der Waals surface area contributed by atoms with Gasteiger partial charge in [0.15, 0.2) is 0 Å². The van der Waals surface area contributed by atoms with E-state index in [9.17, 15) is 18.0 Å². The number of sulfonamides is 1. The molecule has 0 unspecified atom stereocenters. The summed E-state index contributed by atoms with van der Waals surface area (Å²) in [5.41, 5.74) is 0.712. The third kappa shape index (κ3) is 5.04. The summed E-state index contributed by atoms with van der Waals surface area (Å²) in [5.74, 6) is -1.78. The predicted molar refractivity (Wildman–Crippen MR) is 88.7 cm³/mol. The fourth-order valence-electron chi connectivity index (χ4n) is 2.86. The fourth-order valence-corrected chi connectivity index (χ4v) is 3.77. The second kappa shape index (κ2) is 7.76. The molecule has 132 valence electrons. The van der Waals surface area contributed by atoms with E-state index in [4.69, 9.17) is 5.11 Å². The Morgan fingerprint density at radius 2 is 2.00 bits per heavy atom. The molecule has 1 aliphatic heterocycles. The lowest BCUT2D eigenvalue weighted by molar-refractivity contribution is -0.138. The molecule has 1 heterocycles. The highest BCUT2D eigenvalue weighted by molar-refractivity contribution is 7.88. The van der Waals surface area contributed by atoms with Crippen LogP contribution in [0.2, 0.25) is 0 Å². The number of carboxylic acid groups (broad SMARTS) is 1. The van der Waals surface area contributed by atoms with Crippen LogP contribution in [0, 0.1) is 5.92 Å². The van der Waals surface area contributed by atoms with Crippen LogP contribution in [0.5, 0.6) is 0 Å². The molecule has 1 aliphatic rings. The third-order valence-corrected chi connectivity index (χ3v) is 5.39. The average Bonchev–Trinajstić information content (AvgIpc) is 2.54. The van der Waals surface area contributed by atoms with Crippen LogP contribution in [-0.4, -0.2) is 49.1 Å². The van der Waals surface area contributed by atoms with Gasteiger partial charge >= 0.3 is 5.97 Å². The van der Waals surface area contributed by atoms with Crippen LogP contribution >= 0.6 is 0 Å². The van der Waals surface area contributed by atoms with Gasteiger partial charge in [0, 0.05) is 13.1 Å². The molecule has 24 heavy (non-hydrogen) atoms. The molecule has 7 nitrogen and oxygen atoms in total. The molecule has 0 spiro atoms. The van der Waals surface area contributed by atoms with Gasteiger partial charge in [0.25, 0.3) is 0 Å². The molecular formula is C16H22N2O5S. The van der Waals surface area contributed by atoms with Crippen molar-refractivity contribution in [3.05, 3.63) is 35.9 Å². The number of aliphatic carboxylic acids is 1. The van der Waals surface area contributed by atoms with Crippen molar-refractivity contribution in [2.45, 2.75) is 25.3 Å². The van der Waals surface area contributed by atoms with Crippen LogP contribution in [0.1, 0.15) is 30.9 Å². The van der Waals surface area contributed by atoms with E-state index in [1.54, 1.807) is 24.3 Å². The van der Waals surface area contributed by atoms with Gasteiger partial charge in [0.05, 0.1) is 24.6 Å². The minimum atomic E-state index is -3.33. The summed E-state index contributed by atoms with van der Waals surface area (Å²) >= 11 is 0. The van der Waals surface area contributed by atoms with Gasteiger partial charge in [-0.05, 0) is 18.4 Å². The summed E-state index contributed by atoms with van der Waals surface area (Å²) in [6.07, 6.45) is 2.11. The van der Waals surface area contributed by atoms with E-state index >= 15 is 0 Å². The average molecular weight is 354 g/mol. The van der Waals surface area contributed by atoms with Gasteiger partial charge in [-0.3, -0.25) is 9.59 Å². The van der Waals surface area contributed by atoms with E-state index in [0.29, 0.717) is 24.9 Å². The molecule has 0 radical (unpaired) electrons. The summed E-state index contributed by atoms with van der Waals surface area (Å²) in [6.45, 7) is 0.555. The number of carbonyl (C=O) groups is 2. The first kappa shape index (κ1) is 18.4. The van der Waals surface area contributed by atoms with E-state index in [1.807, 2.05) is 6.07 Å². The zero-order chi connectivity index (χ0) is 17.7. The second-order valence-electron chi connectivity index (χ2n) is 6.03. The number of benzene rings is 1. The standard InChI is InChI=1S/C16H22N2O5S/c1-24(22,23)18-9-5-8-13(11-18)16(21)17-14(10-15(19)20)12-6-3-2-4-7-12/h2-4,6-7,13-14H,5,8-11H2,1H3,(H,17,21)(H,19,20)/t13-,14-/m1/s1. The first-order valence-corrected chi connectivity index (χ1v) is 9.64. The second-order valence-corrected chi connectivity index (χ2v) is 8.01. The number of nitrogens with zero attached hydrogens (tertiary/aromatic N) is 1. The smallest absolute Gasteiger partial charge is 0.305 e. The highest BCUT2D eigenvalue weighted by atomic mass is 32.2. The predicted octanol–water partition coefficient (Wildman–Crippen LogP) is 0.990. The van der Waals surface area contributed by atoms with E-state index in [2.05, 4.69) is 5.32 Å². The lowest BCUT2D eigenvalue weighted by atomic mass is 9.97. The fraction of sp³-hybridized carbons (Fsp3) is 0.500. The first-order valence-electron chi connectivity index (χ1n) is 7.79. The van der Waals surface area contributed by atoms with Crippen molar-refractivity contribution in [1.29, 1.82) is 0 Å². The number of hydrogen-bond acceptors (Lipinski definition) is 4. The first-order chi connectivity index (χ1) is 11.3. The lowest BCUT2D eigenvalue weighted by Crippen LogP contribution is -2.45. The molecular weight excluding hydrogens is 332 g/mol. The van der Waals surface area contributed by atoms with Crippen molar-refractivity contribution >= 4 is 21.9 Å². The van der Waals surface area contributed by atoms with Crippen LogP contribution in [-0.2, 0) is 19.6 Å². The Hall–Kier alpha value is -1.93. The maximum Gasteiger partial charge on any atom is 0.305 e. The summed E-state index contributed by atoms with van der Waals surface area (Å²) in [5, 5.41) is 11.8.